The Hall–Kier alpha value is -2.82. The fraction of sp³-hybridized carbons (Fsp3) is 0.269. The van der Waals surface area contributed by atoms with Crippen LogP contribution in [0.4, 0.5) is 11.4 Å². The van der Waals surface area contributed by atoms with Gasteiger partial charge in [0.15, 0.2) is 5.71 Å². The molecule has 4 nitrogen and oxygen atoms in total. The van der Waals surface area contributed by atoms with Gasteiger partial charge in [-0.05, 0) is 58.7 Å². The lowest BCUT2D eigenvalue weighted by Gasteiger charge is -2.18. The molecule has 5 heteroatoms. The second-order valence-electron chi connectivity index (χ2n) is 7.70. The summed E-state index contributed by atoms with van der Waals surface area (Å²) >= 11 is 0. The quantitative estimate of drug-likeness (QED) is 0.723. The number of aliphatic hydroxyl groups excluding tert-OH is 1. The Bertz CT molecular complexity index is 891. The Balaban J connectivity index is 0.00000156. The number of hydrogen-bond acceptors (Lipinski definition) is 3. The van der Waals surface area contributed by atoms with E-state index in [-0.39, 0.29) is 12.4 Å². The number of benzene rings is 2. The summed E-state index contributed by atoms with van der Waals surface area (Å²) in [6.45, 7) is 0. The van der Waals surface area contributed by atoms with E-state index in [1.807, 2.05) is 0 Å². The molecule has 0 bridgehead atoms. The summed E-state index contributed by atoms with van der Waals surface area (Å²) in [5.74, 6) is 0. The van der Waals surface area contributed by atoms with Gasteiger partial charge in [0.1, 0.15) is 14.1 Å². The first-order valence-electron chi connectivity index (χ1n) is 10.0. The Morgan fingerprint density at radius 3 is 1.29 bits per heavy atom. The summed E-state index contributed by atoms with van der Waals surface area (Å²) < 4.78 is 2.13. The van der Waals surface area contributed by atoms with E-state index in [1.54, 1.807) is 0 Å². The van der Waals surface area contributed by atoms with E-state index in [2.05, 4.69) is 129 Å². The van der Waals surface area contributed by atoms with Gasteiger partial charge in [-0.25, -0.2) is 4.58 Å². The molecule has 166 valence electrons. The van der Waals surface area contributed by atoms with Crippen LogP contribution in [0, 0.1) is 0 Å². The van der Waals surface area contributed by atoms with Gasteiger partial charge >= 0.3 is 0 Å². The highest BCUT2D eigenvalue weighted by molar-refractivity contribution is 6.04. The molecule has 0 unspecified atom stereocenters. The Labute approximate surface area is 193 Å². The average molecular weight is 440 g/mol. The molecule has 1 aliphatic carbocycles. The molecule has 3 rings (SSSR count). The van der Waals surface area contributed by atoms with E-state index in [1.165, 1.54) is 39.4 Å². The van der Waals surface area contributed by atoms with E-state index in [9.17, 15) is 0 Å². The number of nitrogens with zero attached hydrogens (tertiary/aromatic N) is 3. The molecule has 31 heavy (non-hydrogen) atoms. The van der Waals surface area contributed by atoms with Crippen molar-refractivity contribution in [2.75, 3.05) is 59.2 Å². The largest absolute Gasteiger partial charge is 1.00 e. The highest BCUT2D eigenvalue weighted by atomic mass is 35.5. The normalized spacial score (nSPS) is 11.9. The number of rotatable bonds is 4. The molecule has 1 aliphatic rings. The number of halogens is 1. The van der Waals surface area contributed by atoms with Crippen molar-refractivity contribution < 1.29 is 22.1 Å². The van der Waals surface area contributed by atoms with Gasteiger partial charge in [0.25, 0.3) is 0 Å². The van der Waals surface area contributed by atoms with Crippen LogP contribution in [-0.4, -0.2) is 64.8 Å². The maximum atomic E-state index is 7.00. The highest BCUT2D eigenvalue weighted by Gasteiger charge is 2.13. The number of anilines is 2. The topological polar surface area (TPSA) is 29.7 Å². The lowest BCUT2D eigenvalue weighted by molar-refractivity contribution is -0.462. The van der Waals surface area contributed by atoms with E-state index in [4.69, 9.17) is 5.11 Å². The maximum absolute atomic E-state index is 7.00. The molecule has 0 aromatic heterocycles. The highest BCUT2D eigenvalue weighted by Crippen LogP contribution is 2.31. The summed E-state index contributed by atoms with van der Waals surface area (Å²) in [4.78, 5) is 4.25. The Kier molecular flexibility index (Phi) is 10.3. The van der Waals surface area contributed by atoms with Crippen molar-refractivity contribution in [2.24, 2.45) is 0 Å². The van der Waals surface area contributed by atoms with E-state index in [0.29, 0.717) is 0 Å². The van der Waals surface area contributed by atoms with Gasteiger partial charge in [0.2, 0.25) is 0 Å². The van der Waals surface area contributed by atoms with Crippen LogP contribution in [0.1, 0.15) is 11.1 Å². The molecular formula is C26H34ClN3O. The maximum Gasteiger partial charge on any atom is 0.199 e. The van der Waals surface area contributed by atoms with Crippen molar-refractivity contribution >= 4 is 22.7 Å². The molecule has 2 aromatic carbocycles. The van der Waals surface area contributed by atoms with Crippen LogP contribution in [-0.2, 0) is 0 Å². The average Bonchev–Trinajstić information content (AvgIpc) is 2.76. The summed E-state index contributed by atoms with van der Waals surface area (Å²) in [6, 6.07) is 17.6. The molecule has 0 saturated heterocycles. The van der Waals surface area contributed by atoms with Crippen molar-refractivity contribution in [3.8, 4) is 0 Å². The van der Waals surface area contributed by atoms with Gasteiger partial charge in [-0.3, -0.25) is 0 Å². The van der Waals surface area contributed by atoms with Gasteiger partial charge in [0.05, 0.1) is 0 Å². The van der Waals surface area contributed by atoms with Gasteiger partial charge < -0.3 is 27.3 Å². The Morgan fingerprint density at radius 1 is 0.645 bits per heavy atom. The number of aliphatic hydroxyl groups is 1. The minimum Gasteiger partial charge on any atom is -1.00 e. The molecule has 1 N–H and O–H groups in total. The van der Waals surface area contributed by atoms with Crippen LogP contribution in [0.2, 0.25) is 0 Å². The van der Waals surface area contributed by atoms with Crippen LogP contribution in [0.5, 0.6) is 0 Å². The molecule has 0 spiro atoms. The Morgan fingerprint density at radius 2 is 1.00 bits per heavy atom. The predicted octanol–water partition coefficient (Wildman–Crippen LogP) is 1.07. The molecule has 0 aliphatic heterocycles. The zero-order chi connectivity index (χ0) is 22.3. The van der Waals surface area contributed by atoms with Crippen LogP contribution < -0.4 is 22.2 Å². The third-order valence-corrected chi connectivity index (χ3v) is 5.02. The molecule has 0 atom stereocenters. The van der Waals surface area contributed by atoms with Crippen LogP contribution in [0.3, 0.4) is 0 Å². The minimum atomic E-state index is 0. The second kappa shape index (κ2) is 12.1. The SMILES string of the molecule is CN(C)c1ccc(C(=C2C=CC(=[N+](C)C)C=C2)c2ccc(N(C)C)cc2)cc1.CO.[Cl-]. The van der Waals surface area contributed by atoms with Crippen LogP contribution in [0.25, 0.3) is 5.57 Å². The van der Waals surface area contributed by atoms with Crippen molar-refractivity contribution in [3.05, 3.63) is 89.5 Å². The first-order chi connectivity index (χ1) is 14.4. The summed E-state index contributed by atoms with van der Waals surface area (Å²) in [7, 11) is 13.4. The molecule has 0 amide bonds. The monoisotopic (exact) mass is 439 g/mol. The third-order valence-electron chi connectivity index (χ3n) is 5.02. The summed E-state index contributed by atoms with van der Waals surface area (Å²) in [6.07, 6.45) is 8.78. The first-order valence-corrected chi connectivity index (χ1v) is 10.0. The fourth-order valence-corrected chi connectivity index (χ4v) is 3.28. The standard InChI is InChI=1S/C25H30N3.CH4O.ClH/c1-26(2)22-13-7-19(8-14-22)25(20-9-15-23(16-10-20)27(3)4)21-11-17-24(18-12-21)28(5)6;1-2;/h7-18H,1-6H3;2H,1H3;1H/q+1;;/p-1. The van der Waals surface area contributed by atoms with Gasteiger partial charge in [-0.1, -0.05) is 24.3 Å². The van der Waals surface area contributed by atoms with Gasteiger partial charge in [-0.15, -0.1) is 0 Å². The third kappa shape index (κ3) is 6.58. The zero-order valence-corrected chi connectivity index (χ0v) is 20.4. The minimum absolute atomic E-state index is 0. The van der Waals surface area contributed by atoms with Crippen molar-refractivity contribution in [1.82, 2.24) is 0 Å². The molecule has 0 heterocycles. The van der Waals surface area contributed by atoms with Crippen molar-refractivity contribution in [2.45, 2.75) is 0 Å². The lowest BCUT2D eigenvalue weighted by atomic mass is 9.90. The van der Waals surface area contributed by atoms with Crippen LogP contribution in [0.15, 0.2) is 78.4 Å². The van der Waals surface area contributed by atoms with Gasteiger partial charge in [-0.2, -0.15) is 0 Å². The first kappa shape index (κ1) is 26.2. The molecule has 0 saturated carbocycles. The molecule has 0 radical (unpaired) electrons. The predicted molar refractivity (Wildman–Crippen MR) is 131 cm³/mol. The molecular weight excluding hydrogens is 406 g/mol. The molecule has 0 fully saturated rings. The van der Waals surface area contributed by atoms with Crippen LogP contribution >= 0.6 is 0 Å². The summed E-state index contributed by atoms with van der Waals surface area (Å²) in [5.41, 5.74) is 8.53. The molecule has 2 aromatic rings. The van der Waals surface area contributed by atoms with E-state index < -0.39 is 0 Å². The smallest absolute Gasteiger partial charge is 0.199 e. The zero-order valence-electron chi connectivity index (χ0n) is 19.6. The van der Waals surface area contributed by atoms with Crippen molar-refractivity contribution in [3.63, 3.8) is 0 Å². The van der Waals surface area contributed by atoms with Gasteiger partial charge in [0, 0.05) is 58.8 Å². The van der Waals surface area contributed by atoms with E-state index >= 15 is 0 Å². The fourth-order valence-electron chi connectivity index (χ4n) is 3.28. The van der Waals surface area contributed by atoms with Crippen molar-refractivity contribution in [1.29, 1.82) is 0 Å². The number of hydrogen-bond donors (Lipinski definition) is 1. The lowest BCUT2D eigenvalue weighted by Crippen LogP contribution is -3.00. The van der Waals surface area contributed by atoms with E-state index in [0.717, 1.165) is 7.11 Å². The summed E-state index contributed by atoms with van der Waals surface area (Å²) in [5, 5.41) is 7.00. The number of allylic oxidation sites excluding steroid dienone is 5. The second-order valence-corrected chi connectivity index (χ2v) is 7.70.